The maximum atomic E-state index is 11.8. The van der Waals surface area contributed by atoms with E-state index >= 15 is 0 Å². The van der Waals surface area contributed by atoms with Gasteiger partial charge in [0.15, 0.2) is 6.23 Å². The van der Waals surface area contributed by atoms with Crippen LogP contribution in [0.3, 0.4) is 0 Å². The summed E-state index contributed by atoms with van der Waals surface area (Å²) in [5.74, 6) is 0.949. The summed E-state index contributed by atoms with van der Waals surface area (Å²) in [7, 11) is 0. The molecular weight excluding hydrogens is 487 g/mol. The molecule has 1 amide bonds. The number of rotatable bonds is 9. The quantitative estimate of drug-likeness (QED) is 0.374. The van der Waals surface area contributed by atoms with Crippen LogP contribution in [0.4, 0.5) is 5.69 Å². The number of anilines is 1. The molecule has 1 saturated heterocycles. The number of halogens is 2. The van der Waals surface area contributed by atoms with E-state index in [2.05, 4.69) is 10.2 Å². The molecule has 2 atom stereocenters. The summed E-state index contributed by atoms with van der Waals surface area (Å²) in [6.07, 6.45) is 0.906. The summed E-state index contributed by atoms with van der Waals surface area (Å²) in [5.41, 5.74) is 2.56. The van der Waals surface area contributed by atoms with Gasteiger partial charge in [0.25, 0.3) is 0 Å². The minimum absolute atomic E-state index is 0.0766. The van der Waals surface area contributed by atoms with E-state index in [0.717, 1.165) is 30.5 Å². The summed E-state index contributed by atoms with van der Waals surface area (Å²) in [4.78, 5) is 13.8. The number of carbonyl (C=O) groups is 1. The number of amides is 1. The van der Waals surface area contributed by atoms with Gasteiger partial charge in [-0.25, -0.2) is 0 Å². The Morgan fingerprint density at radius 3 is 2.63 bits per heavy atom. The van der Waals surface area contributed by atoms with Crippen LogP contribution in [0, 0.1) is 0 Å². The number of nitrogens with one attached hydrogen (secondary N) is 1. The zero-order valence-corrected chi connectivity index (χ0v) is 20.9. The highest BCUT2D eigenvalue weighted by molar-refractivity contribution is 6.42. The van der Waals surface area contributed by atoms with Gasteiger partial charge in [-0.2, -0.15) is 0 Å². The molecule has 3 aromatic carbocycles. The average Bonchev–Trinajstić information content (AvgIpc) is 3.27. The van der Waals surface area contributed by atoms with Crippen molar-refractivity contribution in [2.24, 2.45) is 0 Å². The lowest BCUT2D eigenvalue weighted by Crippen LogP contribution is -2.41. The van der Waals surface area contributed by atoms with E-state index in [1.54, 1.807) is 18.2 Å². The molecule has 2 N–H and O–H groups in total. The number of carbonyl (C=O) groups excluding carboxylic acids is 1. The second-order valence-electron chi connectivity index (χ2n) is 8.51. The molecule has 0 aliphatic carbocycles. The third-order valence-corrected chi connectivity index (χ3v) is 6.48. The molecule has 4 rings (SSSR count). The maximum absolute atomic E-state index is 11.8. The summed E-state index contributed by atoms with van der Waals surface area (Å²) in [5, 5.41) is 14.4. The molecule has 1 heterocycles. The van der Waals surface area contributed by atoms with Gasteiger partial charge < -0.3 is 19.9 Å². The molecule has 0 radical (unpaired) electrons. The lowest BCUT2D eigenvalue weighted by atomic mass is 10.0. The number of hydrogen-bond acceptors (Lipinski definition) is 5. The lowest BCUT2D eigenvalue weighted by molar-refractivity contribution is -0.114. The van der Waals surface area contributed by atoms with Crippen molar-refractivity contribution in [2.75, 3.05) is 25.0 Å². The Labute approximate surface area is 215 Å². The Kier molecular flexibility index (Phi) is 8.52. The fraction of sp³-hybridized carbons (Fsp3) is 0.296. The first kappa shape index (κ1) is 25.3. The second-order valence-corrected chi connectivity index (χ2v) is 9.32. The third kappa shape index (κ3) is 6.89. The van der Waals surface area contributed by atoms with Gasteiger partial charge in [-0.1, -0.05) is 59.6 Å². The first-order chi connectivity index (χ1) is 16.9. The predicted molar refractivity (Wildman–Crippen MR) is 139 cm³/mol. The van der Waals surface area contributed by atoms with Crippen LogP contribution < -0.4 is 14.8 Å². The molecule has 1 aliphatic heterocycles. The van der Waals surface area contributed by atoms with Crippen LogP contribution in [0.15, 0.2) is 66.7 Å². The van der Waals surface area contributed by atoms with Crippen molar-refractivity contribution in [2.45, 2.75) is 32.1 Å². The van der Waals surface area contributed by atoms with Gasteiger partial charge in [0, 0.05) is 26.1 Å². The Hall–Kier alpha value is -2.77. The SMILES string of the molecule is CC(=O)Nc1cc(-c2ccccc2)ccc1OCC(O)CN1CCCC1Oc1ccc(Cl)c(Cl)c1. The second kappa shape index (κ2) is 11.8. The van der Waals surface area contributed by atoms with E-state index in [0.29, 0.717) is 33.8 Å². The van der Waals surface area contributed by atoms with E-state index in [9.17, 15) is 9.90 Å². The molecule has 8 heteroatoms. The molecule has 1 fully saturated rings. The topological polar surface area (TPSA) is 71.0 Å². The first-order valence-corrected chi connectivity index (χ1v) is 12.3. The number of likely N-dealkylation sites (tertiary alicyclic amines) is 1. The number of aliphatic hydroxyl groups excluding tert-OH is 1. The number of ether oxygens (including phenoxy) is 2. The van der Waals surface area contributed by atoms with Crippen molar-refractivity contribution in [1.82, 2.24) is 4.90 Å². The Morgan fingerprint density at radius 1 is 1.09 bits per heavy atom. The zero-order chi connectivity index (χ0) is 24.8. The number of aliphatic hydroxyl groups is 1. The monoisotopic (exact) mass is 514 g/mol. The van der Waals surface area contributed by atoms with E-state index < -0.39 is 6.10 Å². The van der Waals surface area contributed by atoms with Crippen LogP contribution in [0.5, 0.6) is 11.5 Å². The molecule has 6 nitrogen and oxygen atoms in total. The van der Waals surface area contributed by atoms with Crippen LogP contribution >= 0.6 is 23.2 Å². The highest BCUT2D eigenvalue weighted by Gasteiger charge is 2.28. The van der Waals surface area contributed by atoms with E-state index in [-0.39, 0.29) is 18.7 Å². The van der Waals surface area contributed by atoms with Gasteiger partial charge >= 0.3 is 0 Å². The Morgan fingerprint density at radius 2 is 1.89 bits per heavy atom. The first-order valence-electron chi connectivity index (χ1n) is 11.5. The van der Waals surface area contributed by atoms with Crippen LogP contribution in [0.2, 0.25) is 10.0 Å². The highest BCUT2D eigenvalue weighted by Crippen LogP contribution is 2.32. The number of nitrogens with zero attached hydrogens (tertiary/aromatic N) is 1. The molecule has 3 aromatic rings. The van der Waals surface area contributed by atoms with Crippen molar-refractivity contribution in [1.29, 1.82) is 0 Å². The van der Waals surface area contributed by atoms with Gasteiger partial charge in [-0.3, -0.25) is 9.69 Å². The molecule has 0 spiro atoms. The van der Waals surface area contributed by atoms with Crippen molar-refractivity contribution in [3.8, 4) is 22.6 Å². The lowest BCUT2D eigenvalue weighted by Gasteiger charge is -2.27. The Balaban J connectivity index is 1.37. The number of benzene rings is 3. The molecule has 35 heavy (non-hydrogen) atoms. The fourth-order valence-electron chi connectivity index (χ4n) is 4.11. The molecule has 0 bridgehead atoms. The fourth-order valence-corrected chi connectivity index (χ4v) is 4.40. The molecular formula is C27H28Cl2N2O4. The minimum Gasteiger partial charge on any atom is -0.489 e. The largest absolute Gasteiger partial charge is 0.489 e. The van der Waals surface area contributed by atoms with Crippen LogP contribution in [-0.2, 0) is 4.79 Å². The molecule has 0 saturated carbocycles. The summed E-state index contributed by atoms with van der Waals surface area (Å²) in [6.45, 7) is 2.73. The third-order valence-electron chi connectivity index (χ3n) is 5.74. The zero-order valence-electron chi connectivity index (χ0n) is 19.4. The van der Waals surface area contributed by atoms with E-state index in [4.69, 9.17) is 32.7 Å². The molecule has 184 valence electrons. The van der Waals surface area contributed by atoms with Crippen LogP contribution in [0.1, 0.15) is 19.8 Å². The summed E-state index contributed by atoms with van der Waals surface area (Å²) < 4.78 is 12.0. The van der Waals surface area contributed by atoms with Gasteiger partial charge in [0.2, 0.25) is 5.91 Å². The van der Waals surface area contributed by atoms with Crippen molar-refractivity contribution in [3.63, 3.8) is 0 Å². The highest BCUT2D eigenvalue weighted by atomic mass is 35.5. The number of β-amino-alcohol motifs (C(OH)–C–C–N with tert-alkyl or cyclic N) is 1. The van der Waals surface area contributed by atoms with Gasteiger partial charge in [-0.05, 0) is 48.2 Å². The summed E-state index contributed by atoms with van der Waals surface area (Å²) >= 11 is 12.1. The van der Waals surface area contributed by atoms with Crippen molar-refractivity contribution >= 4 is 34.8 Å². The predicted octanol–water partition coefficient (Wildman–Crippen LogP) is 5.86. The standard InChI is InChI=1S/C27H28Cl2N2O4/c1-18(32)30-25-14-20(19-6-3-2-4-7-19)9-12-26(25)34-17-21(33)16-31-13-5-8-27(31)35-22-10-11-23(28)24(29)15-22/h2-4,6-7,9-12,14-15,21,27,33H,5,8,13,16-17H2,1H3,(H,30,32). The van der Waals surface area contributed by atoms with Gasteiger partial charge in [0.1, 0.15) is 24.2 Å². The normalized spacial score (nSPS) is 16.6. The molecule has 2 unspecified atom stereocenters. The van der Waals surface area contributed by atoms with E-state index in [1.165, 1.54) is 6.92 Å². The van der Waals surface area contributed by atoms with Gasteiger partial charge in [-0.15, -0.1) is 0 Å². The van der Waals surface area contributed by atoms with Crippen molar-refractivity contribution < 1.29 is 19.4 Å². The molecule has 0 aromatic heterocycles. The maximum Gasteiger partial charge on any atom is 0.221 e. The smallest absolute Gasteiger partial charge is 0.221 e. The summed E-state index contributed by atoms with van der Waals surface area (Å²) in [6, 6.07) is 20.7. The van der Waals surface area contributed by atoms with E-state index in [1.807, 2.05) is 48.5 Å². The van der Waals surface area contributed by atoms with Gasteiger partial charge in [0.05, 0.1) is 15.7 Å². The van der Waals surface area contributed by atoms with Crippen LogP contribution in [0.25, 0.3) is 11.1 Å². The number of hydrogen-bond donors (Lipinski definition) is 2. The van der Waals surface area contributed by atoms with Crippen LogP contribution in [-0.4, -0.2) is 47.9 Å². The Bertz CT molecular complexity index is 1160. The minimum atomic E-state index is -0.744. The average molecular weight is 515 g/mol. The molecule has 1 aliphatic rings. The van der Waals surface area contributed by atoms with Crippen molar-refractivity contribution in [3.05, 3.63) is 76.8 Å².